The van der Waals surface area contributed by atoms with Crippen LogP contribution in [0, 0.1) is 0 Å². The summed E-state index contributed by atoms with van der Waals surface area (Å²) in [5.41, 5.74) is 1.29. The zero-order valence-corrected chi connectivity index (χ0v) is 12.2. The van der Waals surface area contributed by atoms with Gasteiger partial charge in [0.1, 0.15) is 12.3 Å². The molecule has 1 N–H and O–H groups in total. The smallest absolute Gasteiger partial charge is 0.272 e. The number of halogens is 2. The number of hydrogen-bond acceptors (Lipinski definition) is 2. The van der Waals surface area contributed by atoms with E-state index in [-0.39, 0.29) is 24.1 Å². The molecular formula is C16H17F2N3O. The van der Waals surface area contributed by atoms with Crippen molar-refractivity contribution >= 4 is 16.8 Å². The largest absolute Gasteiger partial charge is 0.345 e. The third-order valence-corrected chi connectivity index (χ3v) is 4.09. The van der Waals surface area contributed by atoms with Crippen molar-refractivity contribution in [2.45, 2.75) is 31.2 Å². The van der Waals surface area contributed by atoms with E-state index in [1.807, 2.05) is 12.1 Å². The van der Waals surface area contributed by atoms with Crippen LogP contribution in [0.2, 0.25) is 0 Å². The van der Waals surface area contributed by atoms with Crippen molar-refractivity contribution in [3.63, 3.8) is 0 Å². The Morgan fingerprint density at radius 2 is 2.14 bits per heavy atom. The summed E-state index contributed by atoms with van der Waals surface area (Å²) in [5, 5.41) is 7.45. The van der Waals surface area contributed by atoms with Gasteiger partial charge in [-0.15, -0.1) is 0 Å². The Bertz CT molecular complexity index is 740. The van der Waals surface area contributed by atoms with Crippen LogP contribution in [0.4, 0.5) is 8.78 Å². The Labute approximate surface area is 126 Å². The Morgan fingerprint density at radius 3 is 2.91 bits per heavy atom. The van der Waals surface area contributed by atoms with Crippen LogP contribution in [-0.4, -0.2) is 34.1 Å². The summed E-state index contributed by atoms with van der Waals surface area (Å²) in [6.45, 7) is 3.52. The Kier molecular flexibility index (Phi) is 3.68. The van der Waals surface area contributed by atoms with E-state index in [9.17, 15) is 13.6 Å². The number of fused-ring (bicyclic) bond motifs is 1. The van der Waals surface area contributed by atoms with Gasteiger partial charge in [0.05, 0.1) is 11.6 Å². The van der Waals surface area contributed by atoms with Crippen LogP contribution in [0.1, 0.15) is 23.3 Å². The number of nitrogens with zero attached hydrogens (tertiary/aromatic N) is 2. The minimum atomic E-state index is -1.32. The molecule has 1 aliphatic rings. The lowest BCUT2D eigenvalue weighted by atomic mass is 9.88. The van der Waals surface area contributed by atoms with Crippen LogP contribution in [-0.2, 0) is 7.05 Å². The number of para-hydroxylation sites is 1. The van der Waals surface area contributed by atoms with Gasteiger partial charge < -0.3 is 5.32 Å². The van der Waals surface area contributed by atoms with Crippen molar-refractivity contribution in [2.75, 3.05) is 0 Å². The number of benzene rings is 1. The SMILES string of the molecule is C=C1CC(F)C(NC(=O)c2nn(C)c3ccccc23)CC1F. The van der Waals surface area contributed by atoms with Gasteiger partial charge in [0.2, 0.25) is 0 Å². The first-order valence-corrected chi connectivity index (χ1v) is 7.15. The molecule has 0 aliphatic heterocycles. The highest BCUT2D eigenvalue weighted by Crippen LogP contribution is 2.28. The minimum Gasteiger partial charge on any atom is -0.345 e. The lowest BCUT2D eigenvalue weighted by Crippen LogP contribution is -2.46. The van der Waals surface area contributed by atoms with Gasteiger partial charge in [-0.05, 0) is 11.6 Å². The number of nitrogens with one attached hydrogen (secondary N) is 1. The molecule has 1 aromatic carbocycles. The zero-order chi connectivity index (χ0) is 15.9. The lowest BCUT2D eigenvalue weighted by molar-refractivity contribution is 0.0868. The van der Waals surface area contributed by atoms with Crippen LogP contribution < -0.4 is 5.32 Å². The second kappa shape index (κ2) is 5.51. The number of amides is 1. The minimum absolute atomic E-state index is 0.0604. The first-order valence-electron chi connectivity index (χ1n) is 7.15. The fourth-order valence-electron chi connectivity index (χ4n) is 2.83. The Hall–Kier alpha value is -2.24. The van der Waals surface area contributed by atoms with Crippen LogP contribution in [0.15, 0.2) is 36.4 Å². The molecule has 6 heteroatoms. The van der Waals surface area contributed by atoms with Crippen molar-refractivity contribution < 1.29 is 13.6 Å². The summed E-state index contributed by atoms with van der Waals surface area (Å²) in [5.74, 6) is -0.482. The van der Waals surface area contributed by atoms with Crippen LogP contribution in [0.25, 0.3) is 10.9 Å². The molecule has 3 unspecified atom stereocenters. The van der Waals surface area contributed by atoms with Crippen LogP contribution in [0.5, 0.6) is 0 Å². The van der Waals surface area contributed by atoms with Gasteiger partial charge in [-0.1, -0.05) is 24.8 Å². The number of allylic oxidation sites excluding steroid dienone is 1. The van der Waals surface area contributed by atoms with Crippen molar-refractivity contribution in [3.05, 3.63) is 42.1 Å². The van der Waals surface area contributed by atoms with E-state index in [1.165, 1.54) is 0 Å². The van der Waals surface area contributed by atoms with Crippen LogP contribution >= 0.6 is 0 Å². The quantitative estimate of drug-likeness (QED) is 0.867. The summed E-state index contributed by atoms with van der Waals surface area (Å²) < 4.78 is 29.3. The number of aryl methyl sites for hydroxylation is 1. The van der Waals surface area contributed by atoms with Gasteiger partial charge in [-0.2, -0.15) is 5.10 Å². The van der Waals surface area contributed by atoms with E-state index in [4.69, 9.17) is 0 Å². The topological polar surface area (TPSA) is 46.9 Å². The molecule has 3 atom stereocenters. The van der Waals surface area contributed by atoms with E-state index in [0.29, 0.717) is 5.39 Å². The highest BCUT2D eigenvalue weighted by Gasteiger charge is 2.34. The van der Waals surface area contributed by atoms with Crippen molar-refractivity contribution in [2.24, 2.45) is 7.05 Å². The molecule has 1 aliphatic carbocycles. The molecule has 22 heavy (non-hydrogen) atoms. The number of hydrogen-bond donors (Lipinski definition) is 1. The predicted molar refractivity (Wildman–Crippen MR) is 80.1 cm³/mol. The molecular weight excluding hydrogens is 288 g/mol. The van der Waals surface area contributed by atoms with Gasteiger partial charge in [0, 0.05) is 25.3 Å². The van der Waals surface area contributed by atoms with Crippen molar-refractivity contribution in [3.8, 4) is 0 Å². The fraction of sp³-hybridized carbons (Fsp3) is 0.375. The highest BCUT2D eigenvalue weighted by atomic mass is 19.1. The van der Waals surface area contributed by atoms with Gasteiger partial charge >= 0.3 is 0 Å². The summed E-state index contributed by atoms with van der Waals surface area (Å²) in [7, 11) is 1.74. The number of aromatic nitrogens is 2. The molecule has 1 aromatic heterocycles. The fourth-order valence-corrected chi connectivity index (χ4v) is 2.83. The molecule has 2 aromatic rings. The van der Waals surface area contributed by atoms with Crippen molar-refractivity contribution in [1.82, 2.24) is 15.1 Å². The second-order valence-corrected chi connectivity index (χ2v) is 5.65. The normalized spacial score (nSPS) is 25.4. The number of rotatable bonds is 2. The Balaban J connectivity index is 1.83. The summed E-state index contributed by atoms with van der Waals surface area (Å²) in [4.78, 5) is 12.4. The third-order valence-electron chi connectivity index (χ3n) is 4.09. The van der Waals surface area contributed by atoms with E-state index in [0.717, 1.165) is 5.52 Å². The zero-order valence-electron chi connectivity index (χ0n) is 12.2. The maximum atomic E-state index is 14.0. The standard InChI is InChI=1S/C16H17F2N3O/c1-9-7-12(18)13(8-11(9)17)19-16(22)15-10-5-3-4-6-14(10)21(2)20-15/h3-6,11-13H,1,7-8H2,2H3,(H,19,22). The average molecular weight is 305 g/mol. The van der Waals surface area contributed by atoms with Crippen molar-refractivity contribution in [1.29, 1.82) is 0 Å². The monoisotopic (exact) mass is 305 g/mol. The molecule has 0 saturated heterocycles. The van der Waals surface area contributed by atoms with E-state index in [1.54, 1.807) is 23.9 Å². The maximum Gasteiger partial charge on any atom is 0.272 e. The van der Waals surface area contributed by atoms with Gasteiger partial charge in [-0.25, -0.2) is 8.78 Å². The first kappa shape index (κ1) is 14.7. The first-order chi connectivity index (χ1) is 10.5. The molecule has 0 radical (unpaired) electrons. The molecule has 116 valence electrons. The third kappa shape index (κ3) is 2.49. The van der Waals surface area contributed by atoms with E-state index >= 15 is 0 Å². The molecule has 4 nitrogen and oxygen atoms in total. The molecule has 0 spiro atoms. The maximum absolute atomic E-state index is 14.0. The van der Waals surface area contributed by atoms with E-state index in [2.05, 4.69) is 17.0 Å². The molecule has 0 bridgehead atoms. The number of carbonyl (C=O) groups excluding carboxylic acids is 1. The molecule has 1 heterocycles. The highest BCUT2D eigenvalue weighted by molar-refractivity contribution is 6.04. The lowest BCUT2D eigenvalue weighted by Gasteiger charge is -2.30. The predicted octanol–water partition coefficient (Wildman–Crippen LogP) is 2.70. The van der Waals surface area contributed by atoms with Crippen LogP contribution in [0.3, 0.4) is 0 Å². The second-order valence-electron chi connectivity index (χ2n) is 5.65. The summed E-state index contributed by atoms with van der Waals surface area (Å²) in [6, 6.07) is 6.43. The summed E-state index contributed by atoms with van der Waals surface area (Å²) >= 11 is 0. The average Bonchev–Trinajstić information content (AvgIpc) is 2.83. The van der Waals surface area contributed by atoms with Gasteiger partial charge in [-0.3, -0.25) is 9.48 Å². The molecule has 1 saturated carbocycles. The van der Waals surface area contributed by atoms with E-state index < -0.39 is 24.3 Å². The Morgan fingerprint density at radius 1 is 1.41 bits per heavy atom. The molecule has 1 amide bonds. The van der Waals surface area contributed by atoms with Gasteiger partial charge in [0.15, 0.2) is 5.69 Å². The van der Waals surface area contributed by atoms with Gasteiger partial charge in [0.25, 0.3) is 5.91 Å². The number of alkyl halides is 2. The molecule has 3 rings (SSSR count). The number of carbonyl (C=O) groups is 1. The molecule has 1 fully saturated rings. The summed E-state index contributed by atoms with van der Waals surface area (Å²) in [6.07, 6.45) is -2.75.